The van der Waals surface area contributed by atoms with Gasteiger partial charge in [-0.05, 0) is 24.3 Å². The molecule has 2 nitrogen and oxygen atoms in total. The first-order valence-corrected chi connectivity index (χ1v) is 8.74. The van der Waals surface area contributed by atoms with Gasteiger partial charge in [0.1, 0.15) is 10.9 Å². The molecule has 0 amide bonds. The fraction of sp³-hybridized carbons (Fsp3) is 0.100. The van der Waals surface area contributed by atoms with E-state index in [-0.39, 0.29) is 24.1 Å². The first-order valence-electron chi connectivity index (χ1n) is 7.52. The zero-order chi connectivity index (χ0) is 16.1. The van der Waals surface area contributed by atoms with Crippen molar-refractivity contribution >= 4 is 10.9 Å². The van der Waals surface area contributed by atoms with E-state index in [1.54, 1.807) is 0 Å². The molecule has 0 aliphatic heterocycles. The van der Waals surface area contributed by atoms with E-state index in [2.05, 4.69) is 24.3 Å². The van der Waals surface area contributed by atoms with Gasteiger partial charge in [-0.1, -0.05) is 54.6 Å². The van der Waals surface area contributed by atoms with E-state index >= 15 is 0 Å². The lowest BCUT2D eigenvalue weighted by atomic mass is 10.2. The van der Waals surface area contributed by atoms with Crippen molar-refractivity contribution in [2.75, 3.05) is 0 Å². The van der Waals surface area contributed by atoms with Crippen molar-refractivity contribution < 1.29 is 10.2 Å². The van der Waals surface area contributed by atoms with Crippen LogP contribution in [0.4, 0.5) is 0 Å². The van der Waals surface area contributed by atoms with Crippen LogP contribution in [0.1, 0.15) is 11.1 Å². The van der Waals surface area contributed by atoms with Gasteiger partial charge in [-0.2, -0.15) is 0 Å². The van der Waals surface area contributed by atoms with Crippen molar-refractivity contribution in [2.45, 2.75) is 27.9 Å². The Morgan fingerprint density at radius 1 is 0.565 bits per heavy atom. The van der Waals surface area contributed by atoms with E-state index in [1.165, 1.54) is 4.90 Å². The van der Waals surface area contributed by atoms with Crippen LogP contribution in [0.25, 0.3) is 0 Å². The summed E-state index contributed by atoms with van der Waals surface area (Å²) >= 11 is 0. The van der Waals surface area contributed by atoms with Gasteiger partial charge >= 0.3 is 0 Å². The quantitative estimate of drug-likeness (QED) is 0.702. The predicted molar refractivity (Wildman–Crippen MR) is 93.3 cm³/mol. The fourth-order valence-corrected chi connectivity index (χ4v) is 4.99. The molecule has 0 aromatic heterocycles. The van der Waals surface area contributed by atoms with Crippen molar-refractivity contribution in [3.05, 3.63) is 90.0 Å². The molecular weight excluding hydrogens is 304 g/mol. The molecule has 0 spiro atoms. The molecule has 0 bridgehead atoms. The molecule has 3 rings (SSSR count). The van der Waals surface area contributed by atoms with Crippen LogP contribution in [0.3, 0.4) is 0 Å². The third-order valence-electron chi connectivity index (χ3n) is 3.70. The smallest absolute Gasteiger partial charge is 0.172 e. The van der Waals surface area contributed by atoms with Gasteiger partial charge in [-0.25, -0.2) is 0 Å². The molecule has 2 N–H and O–H groups in total. The van der Waals surface area contributed by atoms with Crippen molar-refractivity contribution in [1.29, 1.82) is 0 Å². The number of aliphatic hydroxyl groups is 2. The number of aliphatic hydroxyl groups excluding tert-OH is 2. The minimum absolute atomic E-state index is 0.00774. The Kier molecular flexibility index (Phi) is 5.13. The average molecular weight is 323 g/mol. The molecule has 0 atom stereocenters. The highest BCUT2D eigenvalue weighted by Gasteiger charge is 2.32. The van der Waals surface area contributed by atoms with E-state index in [9.17, 15) is 10.2 Å². The Morgan fingerprint density at radius 3 is 1.48 bits per heavy atom. The molecule has 0 unspecified atom stereocenters. The van der Waals surface area contributed by atoms with Crippen LogP contribution in [0.15, 0.2) is 93.5 Å². The Hall–Kier alpha value is -2.07. The van der Waals surface area contributed by atoms with Crippen LogP contribution in [0, 0.1) is 0 Å². The first-order chi connectivity index (χ1) is 11.3. The summed E-state index contributed by atoms with van der Waals surface area (Å²) in [4.78, 5) is 3.37. The number of hydrogen-bond donors (Lipinski definition) is 2. The molecule has 3 aromatic rings. The van der Waals surface area contributed by atoms with Crippen LogP contribution in [-0.2, 0) is 24.1 Å². The summed E-state index contributed by atoms with van der Waals surface area (Å²) in [5.74, 6) is 0. The lowest BCUT2D eigenvalue weighted by Crippen LogP contribution is -2.10. The first kappa shape index (κ1) is 15.8. The molecule has 116 valence electrons. The highest BCUT2D eigenvalue weighted by molar-refractivity contribution is 7.97. The second-order valence-electron chi connectivity index (χ2n) is 5.15. The molecule has 0 saturated heterocycles. The van der Waals surface area contributed by atoms with Crippen LogP contribution in [-0.4, -0.2) is 10.2 Å². The molecule has 0 saturated carbocycles. The maximum atomic E-state index is 9.74. The van der Waals surface area contributed by atoms with Gasteiger partial charge < -0.3 is 10.2 Å². The van der Waals surface area contributed by atoms with E-state index in [0.717, 1.165) is 20.9 Å². The third kappa shape index (κ3) is 3.32. The monoisotopic (exact) mass is 323 g/mol. The second-order valence-corrected chi connectivity index (χ2v) is 7.11. The summed E-state index contributed by atoms with van der Waals surface area (Å²) in [5, 5.41) is 19.5. The maximum Gasteiger partial charge on any atom is 0.172 e. The van der Waals surface area contributed by atoms with E-state index in [4.69, 9.17) is 0 Å². The summed E-state index contributed by atoms with van der Waals surface area (Å²) in [6.45, 7) is 0.0155. The number of benzene rings is 3. The summed E-state index contributed by atoms with van der Waals surface area (Å²) in [6.07, 6.45) is 0. The van der Waals surface area contributed by atoms with Crippen LogP contribution in [0.2, 0.25) is 0 Å². The van der Waals surface area contributed by atoms with Crippen LogP contribution in [0.5, 0.6) is 0 Å². The van der Waals surface area contributed by atoms with Gasteiger partial charge in [0.2, 0.25) is 0 Å². The van der Waals surface area contributed by atoms with Gasteiger partial charge in [0, 0.05) is 11.1 Å². The average Bonchev–Trinajstić information content (AvgIpc) is 2.64. The molecule has 3 aromatic carbocycles. The van der Waals surface area contributed by atoms with Gasteiger partial charge in [0.25, 0.3) is 0 Å². The summed E-state index contributed by atoms with van der Waals surface area (Å²) in [7, 11) is -0.358. The standard InChI is InChI=1S/C20H19O2S/c21-14-16-8-4-6-12-19(16)23(18-10-2-1-3-11-18)20-13-7-5-9-17(20)15-22/h1-13,21-22H,14-15H2/q+1. The highest BCUT2D eigenvalue weighted by Crippen LogP contribution is 2.35. The molecule has 0 aliphatic carbocycles. The lowest BCUT2D eigenvalue weighted by molar-refractivity contribution is 0.278. The van der Waals surface area contributed by atoms with Crippen LogP contribution >= 0.6 is 0 Å². The van der Waals surface area contributed by atoms with Crippen molar-refractivity contribution in [2.24, 2.45) is 0 Å². The fourth-order valence-electron chi connectivity index (χ4n) is 2.60. The third-order valence-corrected chi connectivity index (χ3v) is 6.12. The number of rotatable bonds is 5. The van der Waals surface area contributed by atoms with Gasteiger partial charge in [0.15, 0.2) is 14.7 Å². The van der Waals surface area contributed by atoms with Gasteiger partial charge in [-0.3, -0.25) is 0 Å². The largest absolute Gasteiger partial charge is 0.391 e. The lowest BCUT2D eigenvalue weighted by Gasteiger charge is -2.13. The molecule has 3 heteroatoms. The zero-order valence-corrected chi connectivity index (χ0v) is 13.5. The second kappa shape index (κ2) is 7.47. The molecule has 0 radical (unpaired) electrons. The normalized spacial score (nSPS) is 10.9. The molecule has 0 aliphatic rings. The van der Waals surface area contributed by atoms with E-state index < -0.39 is 0 Å². The molecule has 0 heterocycles. The SMILES string of the molecule is OCc1ccccc1[S+](c1ccccc1)c1ccccc1CO. The Balaban J connectivity index is 2.23. The van der Waals surface area contributed by atoms with Gasteiger partial charge in [0.05, 0.1) is 13.2 Å². The zero-order valence-electron chi connectivity index (χ0n) is 12.7. The number of hydrogen-bond acceptors (Lipinski definition) is 2. The van der Waals surface area contributed by atoms with E-state index in [1.807, 2.05) is 54.6 Å². The van der Waals surface area contributed by atoms with E-state index in [0.29, 0.717) is 0 Å². The Bertz CT molecular complexity index is 724. The molecular formula is C20H19O2S+. The Labute approximate surface area is 139 Å². The predicted octanol–water partition coefficient (Wildman–Crippen LogP) is 3.77. The maximum absolute atomic E-state index is 9.74. The van der Waals surface area contributed by atoms with Gasteiger partial charge in [-0.15, -0.1) is 0 Å². The summed E-state index contributed by atoms with van der Waals surface area (Å²) in [5.41, 5.74) is 1.85. The van der Waals surface area contributed by atoms with Crippen molar-refractivity contribution in [3.8, 4) is 0 Å². The van der Waals surface area contributed by atoms with Crippen molar-refractivity contribution in [3.63, 3.8) is 0 Å². The topological polar surface area (TPSA) is 40.5 Å². The van der Waals surface area contributed by atoms with Crippen molar-refractivity contribution in [1.82, 2.24) is 0 Å². The summed E-state index contributed by atoms with van der Waals surface area (Å²) < 4.78 is 0. The molecule has 23 heavy (non-hydrogen) atoms. The molecule has 0 fully saturated rings. The highest BCUT2D eigenvalue weighted by atomic mass is 32.2. The van der Waals surface area contributed by atoms with Crippen LogP contribution < -0.4 is 0 Å². The minimum Gasteiger partial charge on any atom is -0.391 e. The minimum atomic E-state index is -0.358. The Morgan fingerprint density at radius 2 is 1.00 bits per heavy atom. The summed E-state index contributed by atoms with van der Waals surface area (Å²) in [6, 6.07) is 26.2.